The van der Waals surface area contributed by atoms with E-state index in [4.69, 9.17) is 5.73 Å². The molecule has 0 aliphatic heterocycles. The molecule has 1 aromatic carbocycles. The Kier molecular flexibility index (Phi) is 4.59. The van der Waals surface area contributed by atoms with E-state index >= 15 is 0 Å². The monoisotopic (exact) mass is 194 g/mol. The maximum absolute atomic E-state index is 9.20. The van der Waals surface area contributed by atoms with E-state index in [0.29, 0.717) is 13.1 Å². The van der Waals surface area contributed by atoms with Crippen molar-refractivity contribution >= 4 is 0 Å². The molecule has 1 aromatic rings. The van der Waals surface area contributed by atoms with Crippen LogP contribution in [-0.4, -0.2) is 24.3 Å². The third-order valence-electron chi connectivity index (χ3n) is 2.06. The third kappa shape index (κ3) is 3.87. The fourth-order valence-electron chi connectivity index (χ4n) is 1.29. The first-order chi connectivity index (χ1) is 6.72. The summed E-state index contributed by atoms with van der Waals surface area (Å²) in [5, 5.41) is 12.4. The van der Waals surface area contributed by atoms with Gasteiger partial charge in [-0.25, -0.2) is 0 Å². The van der Waals surface area contributed by atoms with Gasteiger partial charge in [-0.05, 0) is 12.5 Å². The van der Waals surface area contributed by atoms with Gasteiger partial charge >= 0.3 is 0 Å². The summed E-state index contributed by atoms with van der Waals surface area (Å²) in [4.78, 5) is 0. The molecule has 0 spiro atoms. The largest absolute Gasteiger partial charge is 0.390 e. The SMILES string of the molecule is Cc1cccc(CNCC(O)CN)c1. The maximum Gasteiger partial charge on any atom is 0.0786 e. The van der Waals surface area contributed by atoms with Crippen LogP contribution in [0.2, 0.25) is 0 Å². The summed E-state index contributed by atoms with van der Waals surface area (Å²) in [6, 6.07) is 8.29. The summed E-state index contributed by atoms with van der Waals surface area (Å²) in [5.41, 5.74) is 7.77. The Morgan fingerprint density at radius 3 is 2.93 bits per heavy atom. The third-order valence-corrected chi connectivity index (χ3v) is 2.06. The highest BCUT2D eigenvalue weighted by Crippen LogP contribution is 2.02. The lowest BCUT2D eigenvalue weighted by Crippen LogP contribution is -2.32. The molecule has 0 bridgehead atoms. The van der Waals surface area contributed by atoms with Crippen molar-refractivity contribution in [3.63, 3.8) is 0 Å². The molecular formula is C11H18N2O. The second-order valence-electron chi connectivity index (χ2n) is 3.51. The van der Waals surface area contributed by atoms with Crippen LogP contribution in [-0.2, 0) is 6.54 Å². The molecule has 0 saturated heterocycles. The molecule has 0 radical (unpaired) electrons. The lowest BCUT2D eigenvalue weighted by Gasteiger charge is -2.09. The van der Waals surface area contributed by atoms with Crippen molar-refractivity contribution in [2.45, 2.75) is 19.6 Å². The molecule has 14 heavy (non-hydrogen) atoms. The van der Waals surface area contributed by atoms with Gasteiger partial charge in [-0.3, -0.25) is 0 Å². The summed E-state index contributed by atoms with van der Waals surface area (Å²) in [6.07, 6.45) is -0.445. The number of rotatable bonds is 5. The summed E-state index contributed by atoms with van der Waals surface area (Å²) < 4.78 is 0. The molecule has 1 atom stereocenters. The van der Waals surface area contributed by atoms with Crippen molar-refractivity contribution in [1.29, 1.82) is 0 Å². The van der Waals surface area contributed by atoms with Crippen molar-refractivity contribution < 1.29 is 5.11 Å². The van der Waals surface area contributed by atoms with E-state index in [1.165, 1.54) is 11.1 Å². The van der Waals surface area contributed by atoms with Crippen molar-refractivity contribution in [2.75, 3.05) is 13.1 Å². The van der Waals surface area contributed by atoms with Crippen LogP contribution in [0, 0.1) is 6.92 Å². The summed E-state index contributed by atoms with van der Waals surface area (Å²) in [5.74, 6) is 0. The second kappa shape index (κ2) is 5.75. The van der Waals surface area contributed by atoms with Gasteiger partial charge in [0.25, 0.3) is 0 Å². The predicted molar refractivity (Wildman–Crippen MR) is 57.9 cm³/mol. The predicted octanol–water partition coefficient (Wildman–Crippen LogP) is 0.404. The molecule has 0 aromatic heterocycles. The molecular weight excluding hydrogens is 176 g/mol. The van der Waals surface area contributed by atoms with Crippen molar-refractivity contribution in [1.82, 2.24) is 5.32 Å². The van der Waals surface area contributed by atoms with Gasteiger partial charge < -0.3 is 16.2 Å². The smallest absolute Gasteiger partial charge is 0.0786 e. The molecule has 1 unspecified atom stereocenters. The van der Waals surface area contributed by atoms with Crippen molar-refractivity contribution in [3.8, 4) is 0 Å². The Bertz CT molecular complexity index is 276. The Hall–Kier alpha value is -0.900. The number of hydrogen-bond acceptors (Lipinski definition) is 3. The summed E-state index contributed by atoms with van der Waals surface area (Å²) in [6.45, 7) is 3.70. The number of aryl methyl sites for hydroxylation is 1. The molecule has 0 heterocycles. The van der Waals surface area contributed by atoms with Crippen LogP contribution in [0.25, 0.3) is 0 Å². The lowest BCUT2D eigenvalue weighted by atomic mass is 10.1. The maximum atomic E-state index is 9.20. The molecule has 0 saturated carbocycles. The van der Waals surface area contributed by atoms with E-state index in [0.717, 1.165) is 6.54 Å². The molecule has 0 amide bonds. The highest BCUT2D eigenvalue weighted by atomic mass is 16.3. The zero-order valence-electron chi connectivity index (χ0n) is 8.53. The Morgan fingerprint density at radius 2 is 2.29 bits per heavy atom. The normalized spacial score (nSPS) is 12.8. The zero-order valence-corrected chi connectivity index (χ0v) is 8.53. The van der Waals surface area contributed by atoms with Crippen LogP contribution in [0.1, 0.15) is 11.1 Å². The van der Waals surface area contributed by atoms with Crippen LogP contribution in [0.3, 0.4) is 0 Å². The second-order valence-corrected chi connectivity index (χ2v) is 3.51. The van der Waals surface area contributed by atoms with Gasteiger partial charge in [-0.1, -0.05) is 29.8 Å². The van der Waals surface area contributed by atoms with Crippen LogP contribution in [0.15, 0.2) is 24.3 Å². The van der Waals surface area contributed by atoms with E-state index in [1.54, 1.807) is 0 Å². The molecule has 1 rings (SSSR count). The minimum absolute atomic E-state index is 0.306. The molecule has 0 aliphatic carbocycles. The Labute approximate surface area is 84.9 Å². The fraction of sp³-hybridized carbons (Fsp3) is 0.455. The highest BCUT2D eigenvalue weighted by Gasteiger charge is 1.99. The first kappa shape index (κ1) is 11.2. The molecule has 3 nitrogen and oxygen atoms in total. The van der Waals surface area contributed by atoms with Gasteiger partial charge in [-0.15, -0.1) is 0 Å². The number of aliphatic hydroxyl groups is 1. The molecule has 0 aliphatic rings. The van der Waals surface area contributed by atoms with Crippen molar-refractivity contribution in [2.24, 2.45) is 5.73 Å². The fourth-order valence-corrected chi connectivity index (χ4v) is 1.29. The lowest BCUT2D eigenvalue weighted by molar-refractivity contribution is 0.179. The van der Waals surface area contributed by atoms with E-state index in [-0.39, 0.29) is 0 Å². The number of aliphatic hydroxyl groups excluding tert-OH is 1. The zero-order chi connectivity index (χ0) is 10.4. The molecule has 3 heteroatoms. The van der Waals surface area contributed by atoms with Gasteiger partial charge in [-0.2, -0.15) is 0 Å². The Balaban J connectivity index is 2.31. The van der Waals surface area contributed by atoms with Crippen LogP contribution < -0.4 is 11.1 Å². The van der Waals surface area contributed by atoms with Gasteiger partial charge in [0.15, 0.2) is 0 Å². The van der Waals surface area contributed by atoms with E-state index < -0.39 is 6.10 Å². The minimum Gasteiger partial charge on any atom is -0.390 e. The van der Waals surface area contributed by atoms with Crippen LogP contribution >= 0.6 is 0 Å². The molecule has 78 valence electrons. The highest BCUT2D eigenvalue weighted by molar-refractivity contribution is 5.21. The standard InChI is InChI=1S/C11H18N2O/c1-9-3-2-4-10(5-9)7-13-8-11(14)6-12/h2-5,11,13-14H,6-8,12H2,1H3. The van der Waals surface area contributed by atoms with Crippen molar-refractivity contribution in [3.05, 3.63) is 35.4 Å². The molecule has 4 N–H and O–H groups in total. The topological polar surface area (TPSA) is 58.3 Å². The first-order valence-corrected chi connectivity index (χ1v) is 4.86. The van der Waals surface area contributed by atoms with Gasteiger partial charge in [0.05, 0.1) is 6.10 Å². The van der Waals surface area contributed by atoms with Gasteiger partial charge in [0.1, 0.15) is 0 Å². The quantitative estimate of drug-likeness (QED) is 0.636. The van der Waals surface area contributed by atoms with E-state index in [2.05, 4.69) is 30.4 Å². The van der Waals surface area contributed by atoms with Gasteiger partial charge in [0, 0.05) is 19.6 Å². The number of hydrogen-bond donors (Lipinski definition) is 3. The van der Waals surface area contributed by atoms with Gasteiger partial charge in [0.2, 0.25) is 0 Å². The number of nitrogens with one attached hydrogen (secondary N) is 1. The average Bonchev–Trinajstić information content (AvgIpc) is 2.17. The van der Waals surface area contributed by atoms with E-state index in [9.17, 15) is 5.11 Å². The number of benzene rings is 1. The average molecular weight is 194 g/mol. The Morgan fingerprint density at radius 1 is 1.50 bits per heavy atom. The van der Waals surface area contributed by atoms with Crippen LogP contribution in [0.5, 0.6) is 0 Å². The summed E-state index contributed by atoms with van der Waals surface area (Å²) in [7, 11) is 0. The number of nitrogens with two attached hydrogens (primary N) is 1. The van der Waals surface area contributed by atoms with E-state index in [1.807, 2.05) is 6.07 Å². The first-order valence-electron chi connectivity index (χ1n) is 4.86. The summed E-state index contributed by atoms with van der Waals surface area (Å²) >= 11 is 0. The minimum atomic E-state index is -0.445. The molecule has 0 fully saturated rings. The van der Waals surface area contributed by atoms with Crippen LogP contribution in [0.4, 0.5) is 0 Å².